The van der Waals surface area contributed by atoms with E-state index in [2.05, 4.69) is 15.9 Å². The topological polar surface area (TPSA) is 116 Å². The van der Waals surface area contributed by atoms with Crippen LogP contribution < -0.4 is 5.73 Å². The summed E-state index contributed by atoms with van der Waals surface area (Å²) < 4.78 is 5.22. The Hall–Kier alpha value is -1.67. The number of benzene rings is 1. The third-order valence-corrected chi connectivity index (χ3v) is 3.58. The Kier molecular flexibility index (Phi) is 5.46. The van der Waals surface area contributed by atoms with Gasteiger partial charge in [-0.2, -0.15) is 0 Å². The maximum absolute atomic E-state index is 11.5. The van der Waals surface area contributed by atoms with Crippen LogP contribution in [-0.4, -0.2) is 28.6 Å². The number of nitrogens with zero attached hydrogens (tertiary/aromatic N) is 1. The molecule has 0 fully saturated rings. The number of aromatic hydroxyl groups is 1. The molecule has 0 aliphatic rings. The van der Waals surface area contributed by atoms with Crippen LogP contribution in [-0.2, 0) is 16.0 Å². The van der Waals surface area contributed by atoms with Crippen molar-refractivity contribution < 1.29 is 19.6 Å². The summed E-state index contributed by atoms with van der Waals surface area (Å²) in [7, 11) is 0. The molecule has 1 rings (SSSR count). The summed E-state index contributed by atoms with van der Waals surface area (Å²) >= 11 is 3.18. The van der Waals surface area contributed by atoms with E-state index in [0.717, 1.165) is 0 Å². The molecule has 0 heterocycles. The predicted molar refractivity (Wildman–Crippen MR) is 75.5 cm³/mol. The second kappa shape index (κ2) is 6.67. The van der Waals surface area contributed by atoms with Gasteiger partial charge in [-0.25, -0.2) is 0 Å². The molecule has 0 saturated heterocycles. The average molecular weight is 347 g/mol. The van der Waals surface area contributed by atoms with Crippen LogP contribution in [0.15, 0.2) is 10.5 Å². The lowest BCUT2D eigenvalue weighted by Crippen LogP contribution is -2.34. The fourth-order valence-electron chi connectivity index (χ4n) is 1.72. The lowest BCUT2D eigenvalue weighted by atomic mass is 10.0. The van der Waals surface area contributed by atoms with Crippen molar-refractivity contribution in [3.8, 4) is 5.75 Å². The number of esters is 1. The summed E-state index contributed by atoms with van der Waals surface area (Å²) in [5, 5.41) is 20.9. The first-order valence-electron chi connectivity index (χ1n) is 5.87. The molecule has 0 aliphatic carbocycles. The Morgan fingerprint density at radius 3 is 2.75 bits per heavy atom. The number of carbonyl (C=O) groups is 1. The minimum atomic E-state index is -0.991. The smallest absolute Gasteiger partial charge is 0.323 e. The van der Waals surface area contributed by atoms with Crippen LogP contribution in [0.1, 0.15) is 18.1 Å². The van der Waals surface area contributed by atoms with E-state index in [-0.39, 0.29) is 18.6 Å². The van der Waals surface area contributed by atoms with Gasteiger partial charge in [-0.15, -0.1) is 0 Å². The van der Waals surface area contributed by atoms with Crippen molar-refractivity contribution in [2.45, 2.75) is 26.3 Å². The standard InChI is InChI=1S/C12H15BrN2O5/c1-3-20-12(17)9(14)5-7-4-8(13)6(2)10(11(7)16)15(18)19/h4,9,16H,3,5,14H2,1-2H3. The van der Waals surface area contributed by atoms with Crippen molar-refractivity contribution in [1.82, 2.24) is 0 Å². The number of rotatable bonds is 5. The van der Waals surface area contributed by atoms with Gasteiger partial charge in [-0.3, -0.25) is 14.9 Å². The van der Waals surface area contributed by atoms with Gasteiger partial charge in [0.2, 0.25) is 0 Å². The number of halogens is 1. The normalized spacial score (nSPS) is 12.0. The molecule has 0 bridgehead atoms. The van der Waals surface area contributed by atoms with E-state index in [4.69, 9.17) is 10.5 Å². The van der Waals surface area contributed by atoms with Crippen molar-refractivity contribution in [1.29, 1.82) is 0 Å². The van der Waals surface area contributed by atoms with E-state index in [1.807, 2.05) is 0 Å². The maximum atomic E-state index is 11.5. The predicted octanol–water partition coefficient (Wildman–Crippen LogP) is 1.80. The Labute approximate surface area is 124 Å². The van der Waals surface area contributed by atoms with Gasteiger partial charge in [0.15, 0.2) is 5.75 Å². The summed E-state index contributed by atoms with van der Waals surface area (Å²) in [4.78, 5) is 21.8. The molecule has 1 unspecified atom stereocenters. The quantitative estimate of drug-likeness (QED) is 0.477. The number of nitro groups is 1. The minimum absolute atomic E-state index is 0.0512. The molecule has 20 heavy (non-hydrogen) atoms. The molecule has 0 radical (unpaired) electrons. The molecular weight excluding hydrogens is 332 g/mol. The summed E-state index contributed by atoms with van der Waals surface area (Å²) in [5.74, 6) is -1.10. The first-order chi connectivity index (χ1) is 9.29. The Bertz CT molecular complexity index is 547. The molecule has 0 aliphatic heterocycles. The first-order valence-corrected chi connectivity index (χ1v) is 6.66. The number of carbonyl (C=O) groups excluding carboxylic acids is 1. The van der Waals surface area contributed by atoms with Crippen LogP contribution in [0.2, 0.25) is 0 Å². The van der Waals surface area contributed by atoms with Crippen LogP contribution in [0, 0.1) is 17.0 Å². The van der Waals surface area contributed by atoms with E-state index >= 15 is 0 Å². The molecule has 0 aromatic heterocycles. The highest BCUT2D eigenvalue weighted by Gasteiger charge is 2.26. The van der Waals surface area contributed by atoms with Gasteiger partial charge in [-0.1, -0.05) is 15.9 Å². The van der Waals surface area contributed by atoms with E-state index in [1.165, 1.54) is 13.0 Å². The number of phenolic OH excluding ortho intramolecular Hbond substituents is 1. The third-order valence-electron chi connectivity index (χ3n) is 2.75. The highest BCUT2D eigenvalue weighted by atomic mass is 79.9. The lowest BCUT2D eigenvalue weighted by molar-refractivity contribution is -0.386. The summed E-state index contributed by atoms with van der Waals surface area (Å²) in [6.45, 7) is 3.35. The van der Waals surface area contributed by atoms with Gasteiger partial charge in [0.1, 0.15) is 6.04 Å². The van der Waals surface area contributed by atoms with Crippen molar-refractivity contribution >= 4 is 27.6 Å². The third kappa shape index (κ3) is 3.45. The zero-order valence-electron chi connectivity index (χ0n) is 11.1. The zero-order chi connectivity index (χ0) is 15.4. The zero-order valence-corrected chi connectivity index (χ0v) is 12.6. The van der Waals surface area contributed by atoms with Gasteiger partial charge in [0, 0.05) is 22.0 Å². The summed E-state index contributed by atoms with van der Waals surface area (Å²) in [6.07, 6.45) is -0.0512. The SMILES string of the molecule is CCOC(=O)C(N)Cc1cc(Br)c(C)c([N+](=O)[O-])c1O. The first kappa shape index (κ1) is 16.4. The van der Waals surface area contributed by atoms with E-state index in [1.54, 1.807) is 6.92 Å². The number of phenols is 1. The van der Waals surface area contributed by atoms with Crippen molar-refractivity contribution in [3.63, 3.8) is 0 Å². The highest BCUT2D eigenvalue weighted by Crippen LogP contribution is 2.38. The molecule has 1 atom stereocenters. The Balaban J connectivity index is 3.14. The maximum Gasteiger partial charge on any atom is 0.323 e. The minimum Gasteiger partial charge on any atom is -0.502 e. The summed E-state index contributed by atoms with van der Waals surface area (Å²) in [6, 6.07) is 0.520. The summed E-state index contributed by atoms with van der Waals surface area (Å²) in [5.41, 5.74) is 5.77. The molecule has 0 spiro atoms. The van der Waals surface area contributed by atoms with Crippen LogP contribution >= 0.6 is 15.9 Å². The molecule has 3 N–H and O–H groups in total. The number of ether oxygens (including phenoxy) is 1. The number of hydrogen-bond donors (Lipinski definition) is 2. The number of hydrogen-bond acceptors (Lipinski definition) is 6. The second-order valence-corrected chi connectivity index (χ2v) is 5.01. The van der Waals surface area contributed by atoms with Gasteiger partial charge in [-0.05, 0) is 19.9 Å². The van der Waals surface area contributed by atoms with E-state index in [0.29, 0.717) is 10.0 Å². The molecule has 110 valence electrons. The lowest BCUT2D eigenvalue weighted by Gasteiger charge is -2.13. The molecule has 1 aromatic carbocycles. The van der Waals surface area contributed by atoms with Gasteiger partial charge in [0.05, 0.1) is 11.5 Å². The Morgan fingerprint density at radius 1 is 1.65 bits per heavy atom. The van der Waals surface area contributed by atoms with Crippen molar-refractivity contribution in [2.24, 2.45) is 5.73 Å². The average Bonchev–Trinajstić information content (AvgIpc) is 2.35. The van der Waals surface area contributed by atoms with Gasteiger partial charge in [0.25, 0.3) is 0 Å². The number of nitro benzene ring substituents is 1. The molecule has 7 nitrogen and oxygen atoms in total. The van der Waals surface area contributed by atoms with E-state index in [9.17, 15) is 20.0 Å². The van der Waals surface area contributed by atoms with Crippen molar-refractivity contribution in [3.05, 3.63) is 31.8 Å². The molecule has 0 amide bonds. The number of nitrogens with two attached hydrogens (primary N) is 1. The molecule has 8 heteroatoms. The van der Waals surface area contributed by atoms with Crippen molar-refractivity contribution in [2.75, 3.05) is 6.61 Å². The van der Waals surface area contributed by atoms with Crippen LogP contribution in [0.3, 0.4) is 0 Å². The molecular formula is C12H15BrN2O5. The van der Waals surface area contributed by atoms with E-state index < -0.39 is 28.4 Å². The highest BCUT2D eigenvalue weighted by molar-refractivity contribution is 9.10. The van der Waals surface area contributed by atoms with Gasteiger partial charge < -0.3 is 15.6 Å². The fraction of sp³-hybridized carbons (Fsp3) is 0.417. The molecule has 1 aromatic rings. The van der Waals surface area contributed by atoms with Crippen LogP contribution in [0.4, 0.5) is 5.69 Å². The monoisotopic (exact) mass is 346 g/mol. The second-order valence-electron chi connectivity index (χ2n) is 4.16. The Morgan fingerprint density at radius 2 is 2.25 bits per heavy atom. The fourth-order valence-corrected chi connectivity index (χ4v) is 2.19. The van der Waals surface area contributed by atoms with Crippen LogP contribution in [0.5, 0.6) is 5.75 Å². The van der Waals surface area contributed by atoms with Crippen LogP contribution in [0.25, 0.3) is 0 Å². The largest absolute Gasteiger partial charge is 0.502 e. The van der Waals surface area contributed by atoms with Gasteiger partial charge >= 0.3 is 11.7 Å². The molecule has 0 saturated carbocycles.